The maximum atomic E-state index is 13.4. The molecule has 1 unspecified atom stereocenters. The zero-order chi connectivity index (χ0) is 23.5. The number of hydrogen-bond donors (Lipinski definition) is 1. The van der Waals surface area contributed by atoms with Crippen molar-refractivity contribution in [3.63, 3.8) is 0 Å². The zero-order valence-electron chi connectivity index (χ0n) is 19.7. The molecule has 0 bridgehead atoms. The van der Waals surface area contributed by atoms with Gasteiger partial charge in [0.1, 0.15) is 0 Å². The number of aromatic nitrogens is 1. The number of piperidine rings is 1. The second kappa shape index (κ2) is 7.94. The van der Waals surface area contributed by atoms with Crippen molar-refractivity contribution in [2.24, 2.45) is 0 Å². The molecule has 1 aliphatic heterocycles. The predicted octanol–water partition coefficient (Wildman–Crippen LogP) is 5.03. The van der Waals surface area contributed by atoms with E-state index in [-0.39, 0.29) is 11.5 Å². The number of methoxy groups -OCH3 is 1. The highest BCUT2D eigenvalue weighted by Gasteiger charge is 2.48. The zero-order valence-corrected chi connectivity index (χ0v) is 20.5. The van der Waals surface area contributed by atoms with E-state index in [1.54, 1.807) is 23.5 Å². The molecular weight excluding hydrogens is 444 g/mol. The quantitative estimate of drug-likeness (QED) is 0.579. The summed E-state index contributed by atoms with van der Waals surface area (Å²) in [6.07, 6.45) is 7.78. The number of ether oxygens (including phenoxy) is 1. The maximum Gasteiger partial charge on any atom is 0.243 e. The molecule has 6 rings (SSSR count). The monoisotopic (exact) mass is 474 g/mol. The van der Waals surface area contributed by atoms with Crippen molar-refractivity contribution in [1.29, 1.82) is 0 Å². The number of rotatable bonds is 3. The Hall–Kier alpha value is -2.67. The normalized spacial score (nSPS) is 22.2. The van der Waals surface area contributed by atoms with Crippen LogP contribution in [0.4, 0.5) is 0 Å². The Morgan fingerprint density at radius 3 is 2.53 bits per heavy atom. The van der Waals surface area contributed by atoms with Crippen molar-refractivity contribution >= 4 is 20.9 Å². The lowest BCUT2D eigenvalue weighted by atomic mass is 9.62. The largest absolute Gasteiger partial charge is 0.377 e. The van der Waals surface area contributed by atoms with Crippen LogP contribution in [0.2, 0.25) is 0 Å². The minimum absolute atomic E-state index is 0.0656. The first kappa shape index (κ1) is 21.8. The Bertz CT molecular complexity index is 1420. The van der Waals surface area contributed by atoms with Gasteiger partial charge >= 0.3 is 0 Å². The third-order valence-corrected chi connectivity index (χ3v) is 9.99. The molecule has 2 aliphatic carbocycles. The summed E-state index contributed by atoms with van der Waals surface area (Å²) >= 11 is 0. The van der Waals surface area contributed by atoms with Crippen molar-refractivity contribution in [2.75, 3.05) is 20.2 Å². The van der Waals surface area contributed by atoms with Gasteiger partial charge in [0.05, 0.1) is 11.0 Å². The number of nitrogens with one attached hydrogen (secondary N) is 1. The molecule has 34 heavy (non-hydrogen) atoms. The Morgan fingerprint density at radius 2 is 1.79 bits per heavy atom. The van der Waals surface area contributed by atoms with Crippen molar-refractivity contribution < 1.29 is 13.2 Å². The maximum absolute atomic E-state index is 13.4. The van der Waals surface area contributed by atoms with E-state index in [0.29, 0.717) is 18.0 Å². The molecule has 2 aromatic carbocycles. The first-order valence-corrected chi connectivity index (χ1v) is 13.5. The number of nitrogens with zero attached hydrogens (tertiary/aromatic N) is 1. The number of aryl methyl sites for hydroxylation is 1. The SMILES string of the molecule is COC1C=CC2=C(C1)C1(CCN(S(=O)(=O)c3ccc(C)cc3)CC1)c1[nH]c3ccccc3c1C2. The third-order valence-electron chi connectivity index (χ3n) is 8.08. The van der Waals surface area contributed by atoms with Gasteiger partial charge in [-0.3, -0.25) is 0 Å². The molecule has 0 radical (unpaired) electrons. The van der Waals surface area contributed by atoms with Gasteiger partial charge in [0, 0.05) is 42.2 Å². The average molecular weight is 475 g/mol. The number of fused-ring (bicyclic) bond motifs is 5. The van der Waals surface area contributed by atoms with Crippen LogP contribution in [0.1, 0.15) is 36.1 Å². The molecule has 2 heterocycles. The van der Waals surface area contributed by atoms with Crippen LogP contribution >= 0.6 is 0 Å². The van der Waals surface area contributed by atoms with E-state index in [1.807, 2.05) is 19.1 Å². The van der Waals surface area contributed by atoms with Crippen molar-refractivity contribution in [3.05, 3.63) is 88.7 Å². The lowest BCUT2D eigenvalue weighted by Crippen LogP contribution is -2.48. The molecule has 0 saturated carbocycles. The number of para-hydroxylation sites is 1. The number of benzene rings is 2. The van der Waals surface area contributed by atoms with Crippen LogP contribution in [0.5, 0.6) is 0 Å². The van der Waals surface area contributed by atoms with E-state index in [2.05, 4.69) is 41.4 Å². The van der Waals surface area contributed by atoms with Gasteiger partial charge in [0.2, 0.25) is 10.0 Å². The molecule has 1 N–H and O–H groups in total. The molecule has 1 spiro atoms. The molecule has 0 amide bonds. The van der Waals surface area contributed by atoms with E-state index in [1.165, 1.54) is 27.8 Å². The van der Waals surface area contributed by atoms with E-state index in [9.17, 15) is 8.42 Å². The van der Waals surface area contributed by atoms with Crippen molar-refractivity contribution in [3.8, 4) is 0 Å². The fourth-order valence-electron chi connectivity index (χ4n) is 6.21. The minimum Gasteiger partial charge on any atom is -0.377 e. The molecule has 6 heteroatoms. The lowest BCUT2D eigenvalue weighted by Gasteiger charge is -2.47. The Kier molecular flexibility index (Phi) is 5.10. The smallest absolute Gasteiger partial charge is 0.243 e. The number of hydrogen-bond acceptors (Lipinski definition) is 3. The second-order valence-electron chi connectivity index (χ2n) is 9.84. The summed E-state index contributed by atoms with van der Waals surface area (Å²) in [5.41, 5.74) is 7.47. The number of sulfonamides is 1. The summed E-state index contributed by atoms with van der Waals surface area (Å²) in [5.74, 6) is 0. The summed E-state index contributed by atoms with van der Waals surface area (Å²) in [5, 5.41) is 1.28. The van der Waals surface area contributed by atoms with Crippen molar-refractivity contribution in [1.82, 2.24) is 9.29 Å². The van der Waals surface area contributed by atoms with Crippen LogP contribution in [-0.4, -0.2) is 44.0 Å². The summed E-state index contributed by atoms with van der Waals surface area (Å²) < 4.78 is 34.2. The van der Waals surface area contributed by atoms with Gasteiger partial charge in [-0.1, -0.05) is 53.6 Å². The van der Waals surface area contributed by atoms with Gasteiger partial charge in [0.25, 0.3) is 0 Å². The second-order valence-corrected chi connectivity index (χ2v) is 11.8. The average Bonchev–Trinajstić information content (AvgIpc) is 3.24. The highest BCUT2D eigenvalue weighted by molar-refractivity contribution is 7.89. The third kappa shape index (κ3) is 3.23. The first-order valence-electron chi connectivity index (χ1n) is 12.0. The van der Waals surface area contributed by atoms with E-state index in [0.717, 1.165) is 36.8 Å². The van der Waals surface area contributed by atoms with Gasteiger partial charge in [0.15, 0.2) is 0 Å². The standard InChI is InChI=1S/C28H30N2O3S/c1-19-7-11-22(12-8-19)34(31,32)30-15-13-28(14-16-30)25-18-21(33-2)10-9-20(25)17-24-23-5-3-4-6-26(23)29-27(24)28/h3-12,21,29H,13-18H2,1-2H3. The highest BCUT2D eigenvalue weighted by Crippen LogP contribution is 2.52. The summed E-state index contributed by atoms with van der Waals surface area (Å²) in [6.45, 7) is 2.98. The van der Waals surface area contributed by atoms with Crippen molar-refractivity contribution in [2.45, 2.75) is 49.0 Å². The van der Waals surface area contributed by atoms with Crippen LogP contribution in [0.3, 0.4) is 0 Å². The molecule has 1 aromatic heterocycles. The van der Waals surface area contributed by atoms with E-state index in [4.69, 9.17) is 4.74 Å². The number of aromatic amines is 1. The molecule has 1 atom stereocenters. The topological polar surface area (TPSA) is 62.4 Å². The first-order chi connectivity index (χ1) is 16.4. The number of allylic oxidation sites excluding steroid dienone is 2. The van der Waals surface area contributed by atoms with Crippen LogP contribution in [-0.2, 0) is 26.6 Å². The van der Waals surface area contributed by atoms with Gasteiger partial charge in [-0.25, -0.2) is 8.42 Å². The fourth-order valence-corrected chi connectivity index (χ4v) is 7.65. The van der Waals surface area contributed by atoms with Crippen LogP contribution in [0, 0.1) is 6.92 Å². The van der Waals surface area contributed by atoms with Gasteiger partial charge in [-0.2, -0.15) is 4.31 Å². The lowest BCUT2D eigenvalue weighted by molar-refractivity contribution is 0.131. The predicted molar refractivity (Wildman–Crippen MR) is 134 cm³/mol. The van der Waals surface area contributed by atoms with Gasteiger partial charge in [-0.05, 0) is 61.9 Å². The molecule has 3 aliphatic rings. The molecule has 5 nitrogen and oxygen atoms in total. The van der Waals surface area contributed by atoms with E-state index >= 15 is 0 Å². The Balaban J connectivity index is 1.41. The van der Waals surface area contributed by atoms with Gasteiger partial charge in [-0.15, -0.1) is 0 Å². The fraction of sp³-hybridized carbons (Fsp3) is 0.357. The summed E-state index contributed by atoms with van der Waals surface area (Å²) in [7, 11) is -1.75. The number of H-pyrrole nitrogens is 1. The summed E-state index contributed by atoms with van der Waals surface area (Å²) in [6, 6.07) is 15.7. The molecule has 1 fully saturated rings. The van der Waals surface area contributed by atoms with Crippen LogP contribution in [0.15, 0.2) is 76.7 Å². The molecular formula is C28H30N2O3S. The highest BCUT2D eigenvalue weighted by atomic mass is 32.2. The summed E-state index contributed by atoms with van der Waals surface area (Å²) in [4.78, 5) is 4.15. The Labute approximate surface area is 201 Å². The Morgan fingerprint density at radius 1 is 1.06 bits per heavy atom. The van der Waals surface area contributed by atoms with E-state index < -0.39 is 10.0 Å². The minimum atomic E-state index is -3.51. The molecule has 1 saturated heterocycles. The van der Waals surface area contributed by atoms with Crippen LogP contribution in [0.25, 0.3) is 10.9 Å². The van der Waals surface area contributed by atoms with Crippen LogP contribution < -0.4 is 0 Å². The molecule has 176 valence electrons. The molecule has 3 aromatic rings. The van der Waals surface area contributed by atoms with Gasteiger partial charge < -0.3 is 9.72 Å².